The van der Waals surface area contributed by atoms with Crippen LogP contribution in [0.2, 0.25) is 0 Å². The predicted octanol–water partition coefficient (Wildman–Crippen LogP) is 2.24. The van der Waals surface area contributed by atoms with Crippen LogP contribution >= 0.6 is 15.9 Å². The molecular formula is C15H17BrN2O3. The quantitative estimate of drug-likeness (QED) is 0.873. The van der Waals surface area contributed by atoms with Gasteiger partial charge in [0.25, 0.3) is 5.91 Å². The highest BCUT2D eigenvalue weighted by atomic mass is 79.9. The van der Waals surface area contributed by atoms with E-state index in [-0.39, 0.29) is 5.92 Å². The molecule has 1 aliphatic heterocycles. The summed E-state index contributed by atoms with van der Waals surface area (Å²) in [6, 6.07) is 4.62. The standard InChI is InChI=1S/C15H17BrN2O3/c16-9-4-5-11(14(17)19)12(6-9)18-7-8-2-1-3-10(8)13(18)15(20)21/h4-6,8,10,13H,1-3,7H2,(H2,17,19)(H,20,21). The molecule has 0 bridgehead atoms. The number of carboxylic acids is 1. The molecule has 1 aromatic carbocycles. The molecule has 0 radical (unpaired) electrons. The zero-order chi connectivity index (χ0) is 15.1. The molecule has 0 aromatic heterocycles. The van der Waals surface area contributed by atoms with E-state index < -0.39 is 17.9 Å². The maximum Gasteiger partial charge on any atom is 0.326 e. The SMILES string of the molecule is NC(=O)c1ccc(Br)cc1N1CC2CCCC2C1C(=O)O. The van der Waals surface area contributed by atoms with Gasteiger partial charge in [-0.1, -0.05) is 22.4 Å². The van der Waals surface area contributed by atoms with Gasteiger partial charge in [-0.3, -0.25) is 4.79 Å². The van der Waals surface area contributed by atoms with Crippen LogP contribution in [-0.2, 0) is 4.79 Å². The van der Waals surface area contributed by atoms with E-state index >= 15 is 0 Å². The Bertz CT molecular complexity index is 605. The molecule has 1 aliphatic carbocycles. The lowest BCUT2D eigenvalue weighted by Crippen LogP contribution is -2.40. The van der Waals surface area contributed by atoms with Gasteiger partial charge < -0.3 is 15.7 Å². The van der Waals surface area contributed by atoms with E-state index in [1.807, 2.05) is 4.90 Å². The van der Waals surface area contributed by atoms with Crippen molar-refractivity contribution in [2.75, 3.05) is 11.4 Å². The van der Waals surface area contributed by atoms with Gasteiger partial charge in [0.1, 0.15) is 6.04 Å². The lowest BCUT2D eigenvalue weighted by Gasteiger charge is -2.28. The lowest BCUT2D eigenvalue weighted by molar-refractivity contribution is -0.139. The van der Waals surface area contributed by atoms with Crippen molar-refractivity contribution in [1.82, 2.24) is 0 Å². The fourth-order valence-electron chi connectivity index (χ4n) is 3.82. The zero-order valence-corrected chi connectivity index (χ0v) is 13.0. The third-order valence-corrected chi connectivity index (χ3v) is 5.17. The largest absolute Gasteiger partial charge is 0.480 e. The van der Waals surface area contributed by atoms with Gasteiger partial charge in [0.15, 0.2) is 0 Å². The number of carboxylic acid groups (broad SMARTS) is 1. The number of hydrogen-bond donors (Lipinski definition) is 2. The molecule has 1 heterocycles. The molecule has 3 unspecified atom stereocenters. The van der Waals surface area contributed by atoms with Gasteiger partial charge in [-0.05, 0) is 42.9 Å². The summed E-state index contributed by atoms with van der Waals surface area (Å²) in [6.45, 7) is 0.679. The van der Waals surface area contributed by atoms with Gasteiger partial charge in [0.05, 0.1) is 11.3 Å². The number of halogens is 1. The number of carbonyl (C=O) groups excluding carboxylic acids is 1. The Morgan fingerprint density at radius 3 is 2.76 bits per heavy atom. The van der Waals surface area contributed by atoms with E-state index in [0.717, 1.165) is 23.7 Å². The number of primary amides is 1. The van der Waals surface area contributed by atoms with Crippen molar-refractivity contribution < 1.29 is 14.7 Å². The normalized spacial score (nSPS) is 27.7. The maximum atomic E-state index is 11.7. The Balaban J connectivity index is 2.05. The second kappa shape index (κ2) is 5.33. The number of fused-ring (bicyclic) bond motifs is 1. The van der Waals surface area contributed by atoms with Gasteiger partial charge in [-0.2, -0.15) is 0 Å². The van der Waals surface area contributed by atoms with Crippen molar-refractivity contribution in [3.63, 3.8) is 0 Å². The van der Waals surface area contributed by atoms with E-state index in [1.165, 1.54) is 0 Å². The second-order valence-corrected chi connectivity index (χ2v) is 6.73. The summed E-state index contributed by atoms with van der Waals surface area (Å²) >= 11 is 3.38. The van der Waals surface area contributed by atoms with E-state index in [9.17, 15) is 14.7 Å². The van der Waals surface area contributed by atoms with Crippen LogP contribution in [0.3, 0.4) is 0 Å². The first-order valence-corrected chi connectivity index (χ1v) is 7.87. The molecule has 1 saturated heterocycles. The third kappa shape index (κ3) is 2.41. The van der Waals surface area contributed by atoms with Crippen LogP contribution in [0.4, 0.5) is 5.69 Å². The van der Waals surface area contributed by atoms with Crippen molar-refractivity contribution in [2.45, 2.75) is 25.3 Å². The molecule has 5 nitrogen and oxygen atoms in total. The van der Waals surface area contributed by atoms with Crippen molar-refractivity contribution >= 4 is 33.5 Å². The summed E-state index contributed by atoms with van der Waals surface area (Å²) in [5.74, 6) is -0.786. The number of nitrogens with two attached hydrogens (primary N) is 1. The molecule has 2 aliphatic rings. The molecule has 6 heteroatoms. The highest BCUT2D eigenvalue weighted by Crippen LogP contribution is 2.45. The van der Waals surface area contributed by atoms with Crippen molar-refractivity contribution in [2.24, 2.45) is 17.6 Å². The number of rotatable bonds is 3. The Kier molecular flexibility index (Phi) is 3.65. The Morgan fingerprint density at radius 1 is 1.33 bits per heavy atom. The monoisotopic (exact) mass is 352 g/mol. The molecule has 3 rings (SSSR count). The van der Waals surface area contributed by atoms with Gasteiger partial charge in [-0.25, -0.2) is 4.79 Å². The molecule has 112 valence electrons. The Labute approximate surface area is 131 Å². The van der Waals surface area contributed by atoms with Crippen LogP contribution < -0.4 is 10.6 Å². The fourth-order valence-corrected chi connectivity index (χ4v) is 4.17. The minimum absolute atomic E-state index is 0.169. The first kappa shape index (κ1) is 14.4. The van der Waals surface area contributed by atoms with Crippen LogP contribution in [0, 0.1) is 11.8 Å². The predicted molar refractivity (Wildman–Crippen MR) is 82.3 cm³/mol. The number of aliphatic carboxylic acids is 1. The summed E-state index contributed by atoms with van der Waals surface area (Å²) in [4.78, 5) is 25.2. The van der Waals surface area contributed by atoms with Crippen LogP contribution in [0.5, 0.6) is 0 Å². The highest BCUT2D eigenvalue weighted by molar-refractivity contribution is 9.10. The molecule has 1 amide bonds. The number of amides is 1. The summed E-state index contributed by atoms with van der Waals surface area (Å²) in [6.07, 6.45) is 3.09. The van der Waals surface area contributed by atoms with Crippen LogP contribution in [-0.4, -0.2) is 29.6 Å². The first-order chi connectivity index (χ1) is 9.99. The highest BCUT2D eigenvalue weighted by Gasteiger charge is 2.48. The van der Waals surface area contributed by atoms with Crippen LogP contribution in [0.15, 0.2) is 22.7 Å². The number of carbonyl (C=O) groups is 2. The lowest BCUT2D eigenvalue weighted by atomic mass is 9.94. The summed E-state index contributed by atoms with van der Waals surface area (Å²) < 4.78 is 0.809. The van der Waals surface area contributed by atoms with Crippen molar-refractivity contribution in [3.8, 4) is 0 Å². The Morgan fingerprint density at radius 2 is 2.10 bits per heavy atom. The fraction of sp³-hybridized carbons (Fsp3) is 0.467. The molecular weight excluding hydrogens is 336 g/mol. The minimum atomic E-state index is -0.820. The molecule has 0 spiro atoms. The maximum absolute atomic E-state index is 11.7. The molecule has 21 heavy (non-hydrogen) atoms. The van der Waals surface area contributed by atoms with Gasteiger partial charge in [0.2, 0.25) is 0 Å². The minimum Gasteiger partial charge on any atom is -0.480 e. The van der Waals surface area contributed by atoms with Crippen LogP contribution in [0.25, 0.3) is 0 Å². The van der Waals surface area contributed by atoms with E-state index in [0.29, 0.717) is 23.7 Å². The van der Waals surface area contributed by atoms with Crippen molar-refractivity contribution in [3.05, 3.63) is 28.2 Å². The van der Waals surface area contributed by atoms with Gasteiger partial charge >= 0.3 is 5.97 Å². The summed E-state index contributed by atoms with van der Waals surface area (Å²) in [7, 11) is 0. The summed E-state index contributed by atoms with van der Waals surface area (Å²) in [5.41, 5.74) is 6.44. The van der Waals surface area contributed by atoms with Gasteiger partial charge in [-0.15, -0.1) is 0 Å². The van der Waals surface area contributed by atoms with Crippen LogP contribution in [0.1, 0.15) is 29.6 Å². The molecule has 3 atom stereocenters. The first-order valence-electron chi connectivity index (χ1n) is 7.08. The van der Waals surface area contributed by atoms with E-state index in [2.05, 4.69) is 15.9 Å². The second-order valence-electron chi connectivity index (χ2n) is 5.82. The third-order valence-electron chi connectivity index (χ3n) is 4.68. The van der Waals surface area contributed by atoms with Crippen molar-refractivity contribution in [1.29, 1.82) is 0 Å². The smallest absolute Gasteiger partial charge is 0.326 e. The molecule has 2 fully saturated rings. The molecule has 3 N–H and O–H groups in total. The Hall–Kier alpha value is -1.56. The average Bonchev–Trinajstić information content (AvgIpc) is 2.96. The zero-order valence-electron chi connectivity index (χ0n) is 11.5. The number of nitrogens with zero attached hydrogens (tertiary/aromatic N) is 1. The number of anilines is 1. The average molecular weight is 353 g/mol. The summed E-state index contributed by atoms with van der Waals surface area (Å²) in [5, 5.41) is 9.62. The topological polar surface area (TPSA) is 83.6 Å². The molecule has 1 saturated carbocycles. The molecule has 1 aromatic rings. The van der Waals surface area contributed by atoms with E-state index in [4.69, 9.17) is 5.73 Å². The van der Waals surface area contributed by atoms with Gasteiger partial charge in [0, 0.05) is 11.0 Å². The van der Waals surface area contributed by atoms with E-state index in [1.54, 1.807) is 18.2 Å². The number of benzene rings is 1. The number of hydrogen-bond acceptors (Lipinski definition) is 3.